The summed E-state index contributed by atoms with van der Waals surface area (Å²) in [7, 11) is 0. The number of thioether (sulfide) groups is 1. The van der Waals surface area contributed by atoms with Gasteiger partial charge in [-0.25, -0.2) is 0 Å². The van der Waals surface area contributed by atoms with Gasteiger partial charge in [0.25, 0.3) is 0 Å². The Labute approximate surface area is 75.9 Å². The van der Waals surface area contributed by atoms with Crippen LogP contribution in [0.2, 0.25) is 0 Å². The number of hydrogen-bond donors (Lipinski definition) is 1. The highest BCUT2D eigenvalue weighted by Gasteiger charge is 2.28. The third kappa shape index (κ3) is 1.29. The molecule has 0 aromatic carbocycles. The molecule has 0 saturated carbocycles. The van der Waals surface area contributed by atoms with Crippen LogP contribution in [0.25, 0.3) is 0 Å². The van der Waals surface area contributed by atoms with Gasteiger partial charge in [0.15, 0.2) is 0 Å². The van der Waals surface area contributed by atoms with Crippen LogP contribution in [0.5, 0.6) is 0 Å². The summed E-state index contributed by atoms with van der Waals surface area (Å²) in [5, 5.41) is -0.00208. The van der Waals surface area contributed by atoms with Crippen LogP contribution in [0.4, 0.5) is 0 Å². The first kappa shape index (κ1) is 7.92. The van der Waals surface area contributed by atoms with Crippen molar-refractivity contribution in [1.82, 2.24) is 0 Å². The molecule has 2 N–H and O–H groups in total. The second-order valence-corrected chi connectivity index (χ2v) is 4.37. The predicted octanol–water partition coefficient (Wildman–Crippen LogP) is 1.58. The molecular formula is C9H11NOS. The second-order valence-electron chi connectivity index (χ2n) is 3.12. The average molecular weight is 181 g/mol. The molecule has 1 atom stereocenters. The molecule has 2 aliphatic rings. The lowest BCUT2D eigenvalue weighted by atomic mass is 10.0. The van der Waals surface area contributed by atoms with Gasteiger partial charge in [-0.1, -0.05) is 17.7 Å². The maximum atomic E-state index is 10.9. The van der Waals surface area contributed by atoms with E-state index in [1.807, 2.05) is 0 Å². The number of allylic oxidation sites excluding steroid dienone is 3. The van der Waals surface area contributed by atoms with Crippen LogP contribution >= 0.6 is 11.8 Å². The van der Waals surface area contributed by atoms with Gasteiger partial charge in [0.2, 0.25) is 5.91 Å². The Hall–Kier alpha value is -0.700. The van der Waals surface area contributed by atoms with E-state index in [9.17, 15) is 4.79 Å². The van der Waals surface area contributed by atoms with Gasteiger partial charge in [-0.15, -0.1) is 11.8 Å². The zero-order chi connectivity index (χ0) is 8.55. The Kier molecular flexibility index (Phi) is 1.97. The van der Waals surface area contributed by atoms with Crippen LogP contribution in [0.3, 0.4) is 0 Å². The first-order valence-corrected chi connectivity index (χ1v) is 5.00. The largest absolute Gasteiger partial charge is 0.369 e. The van der Waals surface area contributed by atoms with Crippen molar-refractivity contribution in [3.05, 3.63) is 22.6 Å². The van der Waals surface area contributed by atoms with E-state index >= 15 is 0 Å². The molecule has 0 radical (unpaired) electrons. The summed E-state index contributed by atoms with van der Waals surface area (Å²) in [6.07, 6.45) is 7.38. The molecule has 1 amide bonds. The molecule has 0 bridgehead atoms. The van der Waals surface area contributed by atoms with Crippen LogP contribution in [0.1, 0.15) is 19.3 Å². The van der Waals surface area contributed by atoms with Crippen molar-refractivity contribution in [2.75, 3.05) is 0 Å². The van der Waals surface area contributed by atoms with E-state index in [2.05, 4.69) is 12.2 Å². The molecule has 3 heteroatoms. The predicted molar refractivity (Wildman–Crippen MR) is 50.6 cm³/mol. The van der Waals surface area contributed by atoms with Gasteiger partial charge in [0, 0.05) is 4.91 Å². The summed E-state index contributed by atoms with van der Waals surface area (Å²) in [4.78, 5) is 12.2. The number of amides is 1. The average Bonchev–Trinajstić information content (AvgIpc) is 2.46. The van der Waals surface area contributed by atoms with Crippen molar-refractivity contribution in [3.8, 4) is 0 Å². The molecule has 1 heterocycles. The van der Waals surface area contributed by atoms with Crippen molar-refractivity contribution >= 4 is 17.7 Å². The molecular weight excluding hydrogens is 170 g/mol. The van der Waals surface area contributed by atoms with E-state index in [1.165, 1.54) is 10.5 Å². The third-order valence-corrected chi connectivity index (χ3v) is 3.61. The standard InChI is InChI=1S/C9H11NOS/c10-9(11)8-5-6-3-1-2-4-7(6)12-8/h2,4,8H,1,3,5H2,(H2,10,11). The normalized spacial score (nSPS) is 27.5. The van der Waals surface area contributed by atoms with Gasteiger partial charge < -0.3 is 5.73 Å². The molecule has 0 fully saturated rings. The highest BCUT2D eigenvalue weighted by molar-refractivity contribution is 8.04. The van der Waals surface area contributed by atoms with Gasteiger partial charge in [-0.3, -0.25) is 4.79 Å². The van der Waals surface area contributed by atoms with E-state index in [1.54, 1.807) is 11.8 Å². The Morgan fingerprint density at radius 2 is 2.50 bits per heavy atom. The van der Waals surface area contributed by atoms with Crippen LogP contribution in [-0.4, -0.2) is 11.2 Å². The molecule has 0 saturated heterocycles. The monoisotopic (exact) mass is 181 g/mol. The number of carbonyl (C=O) groups excluding carboxylic acids is 1. The summed E-state index contributed by atoms with van der Waals surface area (Å²) in [6.45, 7) is 0. The summed E-state index contributed by atoms with van der Waals surface area (Å²) in [6, 6.07) is 0. The lowest BCUT2D eigenvalue weighted by Gasteiger charge is -2.04. The summed E-state index contributed by atoms with van der Waals surface area (Å²) in [5.74, 6) is -0.178. The maximum Gasteiger partial charge on any atom is 0.231 e. The lowest BCUT2D eigenvalue weighted by molar-refractivity contribution is -0.117. The molecule has 1 aliphatic heterocycles. The van der Waals surface area contributed by atoms with Gasteiger partial charge in [-0.2, -0.15) is 0 Å². The fraction of sp³-hybridized carbons (Fsp3) is 0.444. The topological polar surface area (TPSA) is 43.1 Å². The van der Waals surface area contributed by atoms with Gasteiger partial charge in [0.1, 0.15) is 0 Å². The minimum absolute atomic E-state index is 0.00208. The molecule has 1 unspecified atom stereocenters. The Morgan fingerprint density at radius 3 is 3.17 bits per heavy atom. The van der Waals surface area contributed by atoms with E-state index in [0.29, 0.717) is 0 Å². The molecule has 0 spiro atoms. The lowest BCUT2D eigenvalue weighted by Crippen LogP contribution is -2.23. The van der Waals surface area contributed by atoms with Crippen LogP contribution in [-0.2, 0) is 4.79 Å². The van der Waals surface area contributed by atoms with Crippen molar-refractivity contribution in [1.29, 1.82) is 0 Å². The molecule has 64 valence electrons. The molecule has 2 rings (SSSR count). The summed E-state index contributed by atoms with van der Waals surface area (Å²) < 4.78 is 0. The first-order chi connectivity index (χ1) is 5.77. The first-order valence-electron chi connectivity index (χ1n) is 4.12. The third-order valence-electron chi connectivity index (χ3n) is 2.25. The molecule has 12 heavy (non-hydrogen) atoms. The maximum absolute atomic E-state index is 10.9. The zero-order valence-corrected chi connectivity index (χ0v) is 7.56. The fourth-order valence-corrected chi connectivity index (χ4v) is 2.83. The molecule has 0 aromatic heterocycles. The Balaban J connectivity index is 2.12. The smallest absolute Gasteiger partial charge is 0.231 e. The zero-order valence-electron chi connectivity index (χ0n) is 6.75. The Bertz CT molecular complexity index is 280. The van der Waals surface area contributed by atoms with E-state index in [0.717, 1.165) is 19.3 Å². The number of rotatable bonds is 1. The molecule has 1 aliphatic carbocycles. The van der Waals surface area contributed by atoms with Crippen LogP contribution < -0.4 is 5.73 Å². The van der Waals surface area contributed by atoms with E-state index in [-0.39, 0.29) is 11.2 Å². The summed E-state index contributed by atoms with van der Waals surface area (Å²) >= 11 is 1.62. The van der Waals surface area contributed by atoms with Crippen LogP contribution in [0, 0.1) is 0 Å². The van der Waals surface area contributed by atoms with Crippen molar-refractivity contribution < 1.29 is 4.79 Å². The van der Waals surface area contributed by atoms with E-state index < -0.39 is 0 Å². The minimum Gasteiger partial charge on any atom is -0.369 e. The van der Waals surface area contributed by atoms with Crippen molar-refractivity contribution in [3.63, 3.8) is 0 Å². The number of carbonyl (C=O) groups is 1. The van der Waals surface area contributed by atoms with Gasteiger partial charge in [0.05, 0.1) is 5.25 Å². The van der Waals surface area contributed by atoms with Crippen molar-refractivity contribution in [2.24, 2.45) is 5.73 Å². The molecule has 0 aromatic rings. The highest BCUT2D eigenvalue weighted by atomic mass is 32.2. The number of hydrogen-bond acceptors (Lipinski definition) is 2. The second kappa shape index (κ2) is 2.98. The van der Waals surface area contributed by atoms with Crippen molar-refractivity contribution in [2.45, 2.75) is 24.5 Å². The van der Waals surface area contributed by atoms with Crippen LogP contribution in [0.15, 0.2) is 22.6 Å². The van der Waals surface area contributed by atoms with Gasteiger partial charge in [-0.05, 0) is 19.3 Å². The quantitative estimate of drug-likeness (QED) is 0.667. The number of primary amides is 1. The Morgan fingerprint density at radius 1 is 1.67 bits per heavy atom. The minimum atomic E-state index is -0.178. The summed E-state index contributed by atoms with van der Waals surface area (Å²) in [5.41, 5.74) is 6.66. The van der Waals surface area contributed by atoms with E-state index in [4.69, 9.17) is 5.73 Å². The number of nitrogens with two attached hydrogens (primary N) is 1. The SMILES string of the molecule is NC(=O)C1CC2=C(C=CCC2)S1. The highest BCUT2D eigenvalue weighted by Crippen LogP contribution is 2.42. The molecule has 2 nitrogen and oxygen atoms in total. The van der Waals surface area contributed by atoms with Gasteiger partial charge >= 0.3 is 0 Å². The fourth-order valence-electron chi connectivity index (χ4n) is 1.59.